The zero-order valence-corrected chi connectivity index (χ0v) is 41.2. The number of aromatic nitrogens is 5. The number of carbonyl (C=O) groups excluding carboxylic acids is 1. The van der Waals surface area contributed by atoms with Gasteiger partial charge in [-0.25, -0.2) is 9.97 Å². The van der Waals surface area contributed by atoms with Crippen LogP contribution >= 0.6 is 0 Å². The number of H-pyrrole nitrogens is 2. The molecule has 5 heterocycles. The molecule has 11 heteroatoms. The van der Waals surface area contributed by atoms with E-state index in [0.717, 1.165) is 60.7 Å². The lowest BCUT2D eigenvalue weighted by Crippen LogP contribution is -2.29. The van der Waals surface area contributed by atoms with Gasteiger partial charge in [-0.3, -0.25) is 19.2 Å². The lowest BCUT2D eigenvalue weighted by molar-refractivity contribution is 0.0345. The van der Waals surface area contributed by atoms with Crippen molar-refractivity contribution in [3.05, 3.63) is 259 Å². The number of hydrogen-bond donors (Lipinski definition) is 2. The standard InChI is InChI=1S/C28H18N2.C21H19NO4.C16H10N2O2/c1-3-11-19(12-4-1)25-21-15-7-9-17-23(21)30-28-26(20-13-5-2-6-14-20)22-16-8-10-18-24(22)29-27(25)28;1-25-10-11-26-13-22-18-9-5-4-8-16(18)20(23)17-12-14-6-2-3-7-15(14)21(24)19(17)22;19-15-9-5-1-3-7-11(9)17-14-13(15)18-12-8-4-2-6-10(12)16(14)20/h1-18H;2-9H,10-13H2,1H3;1-8H,(H,17,19)(H,18,20). The normalized spacial score (nSPS) is 11.9. The number of nitrogens with one attached hydrogen (secondary N) is 2. The predicted octanol–water partition coefficient (Wildman–Crippen LogP) is 12.6. The molecule has 2 N–H and O–H groups in total. The van der Waals surface area contributed by atoms with E-state index in [2.05, 4.69) is 94.9 Å². The molecule has 0 aliphatic heterocycles. The van der Waals surface area contributed by atoms with E-state index in [0.29, 0.717) is 80.2 Å². The first-order valence-corrected chi connectivity index (χ1v) is 25.0. The van der Waals surface area contributed by atoms with Gasteiger partial charge in [0, 0.05) is 73.7 Å². The van der Waals surface area contributed by atoms with E-state index in [9.17, 15) is 19.2 Å². The molecule has 11 nitrogen and oxygen atoms in total. The van der Waals surface area contributed by atoms with Crippen LogP contribution in [0, 0.1) is 0 Å². The Morgan fingerprint density at radius 1 is 0.474 bits per heavy atom. The summed E-state index contributed by atoms with van der Waals surface area (Å²) in [6.45, 7) is 1.08. The molecule has 0 bridgehead atoms. The Labute approximate surface area is 434 Å². The number of pyridine rings is 5. The molecule has 368 valence electrons. The summed E-state index contributed by atoms with van der Waals surface area (Å²) < 4.78 is 12.5. The van der Waals surface area contributed by atoms with Crippen molar-refractivity contribution in [3.63, 3.8) is 0 Å². The van der Waals surface area contributed by atoms with Gasteiger partial charge in [0.2, 0.25) is 16.6 Å². The number of ketones is 1. The summed E-state index contributed by atoms with van der Waals surface area (Å²) in [5, 5.41) is 4.00. The van der Waals surface area contributed by atoms with E-state index in [1.54, 1.807) is 37.4 Å². The van der Waals surface area contributed by atoms with Gasteiger partial charge in [-0.1, -0.05) is 158 Å². The van der Waals surface area contributed by atoms with Gasteiger partial charge in [0.15, 0.2) is 5.43 Å². The Morgan fingerprint density at radius 2 is 0.934 bits per heavy atom. The second kappa shape index (κ2) is 20.3. The van der Waals surface area contributed by atoms with Gasteiger partial charge in [-0.05, 0) is 65.2 Å². The molecular weight excluding hydrogens is 947 g/mol. The molecule has 0 spiro atoms. The minimum Gasteiger partial charge on any atom is -0.382 e. The van der Waals surface area contributed by atoms with Crippen LogP contribution in [-0.4, -0.2) is 50.6 Å². The summed E-state index contributed by atoms with van der Waals surface area (Å²) in [5.74, 6) is -0.125. The molecule has 1 aliphatic carbocycles. The summed E-state index contributed by atoms with van der Waals surface area (Å²) in [5.41, 5.74) is 13.3. The SMILES string of the molecule is COCCOCn1c2c(c(=O)c3ccccc31)Cc1ccccc1C2=O.O=c1c2ccccc2[nH]c2c(=O)c3ccccc3[nH]c12.c1ccc(-c2c3ccccc3nc3c(-c4ccccc4)c4ccccc4nc23)cc1. The van der Waals surface area contributed by atoms with Crippen molar-refractivity contribution >= 4 is 82.4 Å². The van der Waals surface area contributed by atoms with Crippen LogP contribution in [0.2, 0.25) is 0 Å². The van der Waals surface area contributed by atoms with Crippen molar-refractivity contribution in [2.75, 3.05) is 20.3 Å². The summed E-state index contributed by atoms with van der Waals surface area (Å²) in [6, 6.07) is 66.9. The van der Waals surface area contributed by atoms with Gasteiger partial charge in [0.05, 0.1) is 46.5 Å². The monoisotopic (exact) mass is 993 g/mol. The summed E-state index contributed by atoms with van der Waals surface area (Å²) in [7, 11) is 1.61. The van der Waals surface area contributed by atoms with Crippen LogP contribution in [0.15, 0.2) is 221 Å². The van der Waals surface area contributed by atoms with Crippen molar-refractivity contribution in [2.45, 2.75) is 13.2 Å². The average molecular weight is 994 g/mol. The summed E-state index contributed by atoms with van der Waals surface area (Å²) in [6.07, 6.45) is 0.457. The van der Waals surface area contributed by atoms with Gasteiger partial charge in [0.25, 0.3) is 0 Å². The third kappa shape index (κ3) is 8.49. The number of ether oxygens (including phenoxy) is 2. The first-order valence-electron chi connectivity index (χ1n) is 25.0. The van der Waals surface area contributed by atoms with Gasteiger partial charge < -0.3 is 24.0 Å². The topological polar surface area (TPSA) is 149 Å². The molecule has 13 aromatic rings. The maximum atomic E-state index is 13.2. The van der Waals surface area contributed by atoms with Gasteiger partial charge in [-0.15, -0.1) is 0 Å². The van der Waals surface area contributed by atoms with Crippen molar-refractivity contribution in [1.29, 1.82) is 0 Å². The maximum absolute atomic E-state index is 13.2. The van der Waals surface area contributed by atoms with Crippen LogP contribution in [0.3, 0.4) is 0 Å². The Kier molecular flexibility index (Phi) is 12.7. The maximum Gasteiger partial charge on any atom is 0.213 e. The molecule has 5 aromatic heterocycles. The van der Waals surface area contributed by atoms with Gasteiger partial charge >= 0.3 is 0 Å². The van der Waals surface area contributed by atoms with Crippen LogP contribution in [0.4, 0.5) is 0 Å². The quantitative estimate of drug-likeness (QED) is 0.118. The highest BCUT2D eigenvalue weighted by Gasteiger charge is 2.29. The van der Waals surface area contributed by atoms with E-state index in [1.807, 2.05) is 95.6 Å². The number of rotatable bonds is 7. The predicted molar refractivity (Wildman–Crippen MR) is 304 cm³/mol. The number of fused-ring (bicyclic) bond motifs is 9. The summed E-state index contributed by atoms with van der Waals surface area (Å²) in [4.78, 5) is 67.6. The molecule has 1 aliphatic rings. The molecule has 0 fully saturated rings. The number of methoxy groups -OCH3 is 1. The highest BCUT2D eigenvalue weighted by Crippen LogP contribution is 2.40. The van der Waals surface area contributed by atoms with Gasteiger partial charge in [0.1, 0.15) is 17.8 Å². The molecule has 0 amide bonds. The third-order valence-corrected chi connectivity index (χ3v) is 14.0. The van der Waals surface area contributed by atoms with Crippen molar-refractivity contribution in [3.8, 4) is 22.3 Å². The lowest BCUT2D eigenvalue weighted by Gasteiger charge is -2.24. The second-order valence-electron chi connectivity index (χ2n) is 18.5. The van der Waals surface area contributed by atoms with Crippen molar-refractivity contribution < 1.29 is 14.3 Å². The molecular formula is C65H47N5O6. The first kappa shape index (κ1) is 47.3. The highest BCUT2D eigenvalue weighted by atomic mass is 16.5. The van der Waals surface area contributed by atoms with Gasteiger partial charge in [-0.2, -0.15) is 0 Å². The largest absolute Gasteiger partial charge is 0.382 e. The zero-order valence-electron chi connectivity index (χ0n) is 41.2. The molecule has 0 saturated carbocycles. The fraction of sp³-hybridized carbons (Fsp3) is 0.0769. The summed E-state index contributed by atoms with van der Waals surface area (Å²) >= 11 is 0. The van der Waals surface area contributed by atoms with Crippen LogP contribution in [0.1, 0.15) is 27.2 Å². The molecule has 0 saturated heterocycles. The lowest BCUT2D eigenvalue weighted by atomic mass is 9.87. The Balaban J connectivity index is 0.000000117. The molecule has 8 aromatic carbocycles. The van der Waals surface area contributed by atoms with Crippen LogP contribution in [0.25, 0.3) is 98.8 Å². The van der Waals surface area contributed by atoms with E-state index in [1.165, 1.54) is 0 Å². The van der Waals surface area contributed by atoms with E-state index in [4.69, 9.17) is 19.4 Å². The minimum atomic E-state index is -0.155. The smallest absolute Gasteiger partial charge is 0.213 e. The van der Waals surface area contributed by atoms with E-state index < -0.39 is 0 Å². The molecule has 14 rings (SSSR count). The van der Waals surface area contributed by atoms with E-state index in [-0.39, 0.29) is 28.8 Å². The zero-order chi connectivity index (χ0) is 51.7. The Morgan fingerprint density at radius 3 is 1.49 bits per heavy atom. The molecule has 0 atom stereocenters. The first-order chi connectivity index (χ1) is 37.4. The van der Waals surface area contributed by atoms with Crippen molar-refractivity contribution in [2.24, 2.45) is 0 Å². The molecule has 0 radical (unpaired) electrons. The number of para-hydroxylation sites is 5. The number of benzene rings is 8. The Bertz CT molecular complexity index is 4380. The molecule has 76 heavy (non-hydrogen) atoms. The molecule has 0 unspecified atom stereocenters. The minimum absolute atomic E-state index is 0.0772. The number of carbonyl (C=O) groups is 1. The number of aromatic amines is 2. The fourth-order valence-electron chi connectivity index (χ4n) is 10.4. The van der Waals surface area contributed by atoms with Crippen LogP contribution < -0.4 is 16.3 Å². The second-order valence-corrected chi connectivity index (χ2v) is 18.5. The van der Waals surface area contributed by atoms with Crippen molar-refractivity contribution in [1.82, 2.24) is 24.5 Å². The number of nitrogens with zero attached hydrogens (tertiary/aromatic N) is 3. The average Bonchev–Trinajstić information content (AvgIpc) is 3.57. The Hall–Kier alpha value is -9.68. The fourth-order valence-corrected chi connectivity index (χ4v) is 10.4. The van der Waals surface area contributed by atoms with Crippen LogP contribution in [-0.2, 0) is 22.6 Å². The number of hydrogen-bond acceptors (Lipinski definition) is 8. The third-order valence-electron chi connectivity index (χ3n) is 14.0. The van der Waals surface area contributed by atoms with E-state index >= 15 is 0 Å². The van der Waals surface area contributed by atoms with Crippen LogP contribution in [0.5, 0.6) is 0 Å². The highest BCUT2D eigenvalue weighted by molar-refractivity contribution is 6.17.